The van der Waals surface area contributed by atoms with Crippen molar-refractivity contribution in [2.45, 2.75) is 38.9 Å². The first-order valence-corrected chi connectivity index (χ1v) is 8.40. The molecule has 0 aromatic heterocycles. The van der Waals surface area contributed by atoms with Crippen LogP contribution in [0.2, 0.25) is 0 Å². The molecule has 2 aliphatic rings. The van der Waals surface area contributed by atoms with Crippen molar-refractivity contribution in [3.8, 4) is 11.5 Å². The van der Waals surface area contributed by atoms with Crippen LogP contribution in [0.3, 0.4) is 0 Å². The first kappa shape index (κ1) is 17.0. The summed E-state index contributed by atoms with van der Waals surface area (Å²) < 4.78 is 17.4. The van der Waals surface area contributed by atoms with E-state index in [4.69, 9.17) is 14.2 Å². The number of carbonyl (C=O) groups is 1. The fourth-order valence-corrected chi connectivity index (χ4v) is 3.27. The highest BCUT2D eigenvalue weighted by Gasteiger charge is 2.34. The normalized spacial score (nSPS) is 21.0. The number of benzene rings is 1. The lowest BCUT2D eigenvalue weighted by Crippen LogP contribution is -2.41. The first-order chi connectivity index (χ1) is 11.3. The molecule has 2 heterocycles. The van der Waals surface area contributed by atoms with Gasteiger partial charge in [0.05, 0.1) is 18.8 Å². The fraction of sp³-hybridized carbons (Fsp3) is 0.611. The Morgan fingerprint density at radius 2 is 2.08 bits per heavy atom. The maximum Gasteiger partial charge on any atom is 0.335 e. The quantitative estimate of drug-likeness (QED) is 0.890. The Morgan fingerprint density at radius 1 is 1.38 bits per heavy atom. The molecule has 0 spiro atoms. The van der Waals surface area contributed by atoms with E-state index in [-0.39, 0.29) is 17.3 Å². The highest BCUT2D eigenvalue weighted by Crippen LogP contribution is 2.41. The van der Waals surface area contributed by atoms with Gasteiger partial charge in [-0.05, 0) is 32.9 Å². The van der Waals surface area contributed by atoms with Gasteiger partial charge in [-0.15, -0.1) is 0 Å². The molecule has 1 saturated heterocycles. The van der Waals surface area contributed by atoms with E-state index in [0.717, 1.165) is 38.4 Å². The van der Waals surface area contributed by atoms with E-state index in [1.165, 1.54) is 0 Å². The number of fused-ring (bicyclic) bond motifs is 1. The molecule has 0 saturated carbocycles. The van der Waals surface area contributed by atoms with E-state index >= 15 is 0 Å². The van der Waals surface area contributed by atoms with Crippen LogP contribution >= 0.6 is 0 Å². The maximum absolute atomic E-state index is 11.4. The molecule has 1 N–H and O–H groups in total. The van der Waals surface area contributed by atoms with Crippen molar-refractivity contribution in [2.75, 3.05) is 32.8 Å². The van der Waals surface area contributed by atoms with Gasteiger partial charge in [0.25, 0.3) is 0 Å². The topological polar surface area (TPSA) is 68.2 Å². The number of carboxylic acid groups (broad SMARTS) is 1. The lowest BCUT2D eigenvalue weighted by molar-refractivity contribution is 0.0217. The lowest BCUT2D eigenvalue weighted by Gasteiger charge is -2.29. The number of hydrogen-bond acceptors (Lipinski definition) is 5. The van der Waals surface area contributed by atoms with Gasteiger partial charge in [0.15, 0.2) is 0 Å². The summed E-state index contributed by atoms with van der Waals surface area (Å²) in [7, 11) is 0. The second-order valence-corrected chi connectivity index (χ2v) is 7.14. The monoisotopic (exact) mass is 335 g/mol. The lowest BCUT2D eigenvalue weighted by atomic mass is 9.99. The van der Waals surface area contributed by atoms with Crippen LogP contribution in [0.4, 0.5) is 0 Å². The van der Waals surface area contributed by atoms with Gasteiger partial charge in [-0.3, -0.25) is 4.90 Å². The predicted molar refractivity (Wildman–Crippen MR) is 89.2 cm³/mol. The molecule has 1 aromatic rings. The summed E-state index contributed by atoms with van der Waals surface area (Å²) in [5.41, 5.74) is 0.809. The largest absolute Gasteiger partial charge is 0.489 e. The van der Waals surface area contributed by atoms with Crippen molar-refractivity contribution in [2.24, 2.45) is 0 Å². The van der Waals surface area contributed by atoms with Crippen molar-refractivity contribution in [1.82, 2.24) is 4.90 Å². The molecular formula is C18H25NO5. The summed E-state index contributed by atoms with van der Waals surface area (Å²) in [6.07, 6.45) is 0.668. The molecule has 0 radical (unpaired) electrons. The zero-order chi connectivity index (χ0) is 17.3. The summed E-state index contributed by atoms with van der Waals surface area (Å²) in [5, 5.41) is 9.33. The molecule has 6 nitrogen and oxygen atoms in total. The summed E-state index contributed by atoms with van der Waals surface area (Å²) in [6, 6.07) is 3.20. The summed E-state index contributed by atoms with van der Waals surface area (Å²) in [5.74, 6) is 0.265. The molecular weight excluding hydrogens is 310 g/mol. The number of nitrogens with zero attached hydrogens (tertiary/aromatic N) is 1. The van der Waals surface area contributed by atoms with E-state index in [9.17, 15) is 9.90 Å². The van der Waals surface area contributed by atoms with Crippen LogP contribution in [0.5, 0.6) is 11.5 Å². The molecule has 3 rings (SSSR count). The number of hydrogen-bond donors (Lipinski definition) is 1. The molecule has 6 heteroatoms. The molecule has 0 aliphatic carbocycles. The second kappa shape index (κ2) is 6.61. The summed E-state index contributed by atoms with van der Waals surface area (Å²) in [6.45, 7) is 10.1. The van der Waals surface area contributed by atoms with Crippen molar-refractivity contribution in [3.05, 3.63) is 23.3 Å². The van der Waals surface area contributed by atoms with E-state index in [2.05, 4.69) is 4.90 Å². The van der Waals surface area contributed by atoms with Crippen LogP contribution < -0.4 is 9.47 Å². The minimum Gasteiger partial charge on any atom is -0.489 e. The third-order valence-corrected chi connectivity index (χ3v) is 4.35. The van der Waals surface area contributed by atoms with E-state index in [1.807, 2.05) is 20.8 Å². The fourth-order valence-electron chi connectivity index (χ4n) is 3.27. The average Bonchev–Trinajstić information content (AvgIpc) is 2.82. The smallest absolute Gasteiger partial charge is 0.335 e. The molecule has 2 aliphatic heterocycles. The van der Waals surface area contributed by atoms with Crippen LogP contribution in [0, 0.1) is 0 Å². The van der Waals surface area contributed by atoms with Gasteiger partial charge in [-0.1, -0.05) is 0 Å². The van der Waals surface area contributed by atoms with Gasteiger partial charge in [-0.2, -0.15) is 0 Å². The Kier molecular flexibility index (Phi) is 4.69. The second-order valence-electron chi connectivity index (χ2n) is 7.14. The van der Waals surface area contributed by atoms with Crippen LogP contribution in [0.25, 0.3) is 0 Å². The van der Waals surface area contributed by atoms with Gasteiger partial charge < -0.3 is 19.3 Å². The highest BCUT2D eigenvalue weighted by atomic mass is 16.5. The number of carboxylic acids is 1. The number of rotatable bonds is 5. The summed E-state index contributed by atoms with van der Waals surface area (Å²) >= 11 is 0. The Hall–Kier alpha value is -1.79. The molecule has 1 aromatic carbocycles. The van der Waals surface area contributed by atoms with Crippen molar-refractivity contribution < 1.29 is 24.1 Å². The molecule has 24 heavy (non-hydrogen) atoms. The molecule has 1 fully saturated rings. The Balaban J connectivity index is 1.78. The van der Waals surface area contributed by atoms with Gasteiger partial charge in [-0.25, -0.2) is 4.79 Å². The standard InChI is InChI=1S/C18H25NO5/c1-12(11-19-4-6-22-7-5-19)23-15-8-13(17(20)21)9-16-14(15)10-18(2,3)24-16/h8-9,12H,4-7,10-11H2,1-3H3,(H,20,21). The van der Waals surface area contributed by atoms with Crippen molar-refractivity contribution in [3.63, 3.8) is 0 Å². The summed E-state index contributed by atoms with van der Waals surface area (Å²) in [4.78, 5) is 13.7. The maximum atomic E-state index is 11.4. The third-order valence-electron chi connectivity index (χ3n) is 4.35. The molecule has 1 unspecified atom stereocenters. The van der Waals surface area contributed by atoms with Crippen molar-refractivity contribution >= 4 is 5.97 Å². The van der Waals surface area contributed by atoms with Crippen LogP contribution in [0.1, 0.15) is 36.7 Å². The van der Waals surface area contributed by atoms with Crippen LogP contribution in [-0.2, 0) is 11.2 Å². The Morgan fingerprint density at radius 3 is 2.75 bits per heavy atom. The van der Waals surface area contributed by atoms with Gasteiger partial charge in [0.1, 0.15) is 23.2 Å². The highest BCUT2D eigenvalue weighted by molar-refractivity contribution is 5.89. The first-order valence-electron chi connectivity index (χ1n) is 8.40. The van der Waals surface area contributed by atoms with E-state index in [1.54, 1.807) is 12.1 Å². The predicted octanol–water partition coefficient (Wildman–Crippen LogP) is 2.20. The zero-order valence-electron chi connectivity index (χ0n) is 14.5. The third kappa shape index (κ3) is 3.82. The molecule has 0 bridgehead atoms. The molecule has 0 amide bonds. The van der Waals surface area contributed by atoms with Gasteiger partial charge in [0, 0.05) is 31.6 Å². The van der Waals surface area contributed by atoms with E-state index < -0.39 is 5.97 Å². The minimum atomic E-state index is -0.975. The van der Waals surface area contributed by atoms with Crippen LogP contribution in [0.15, 0.2) is 12.1 Å². The van der Waals surface area contributed by atoms with Crippen LogP contribution in [-0.4, -0.2) is 60.5 Å². The van der Waals surface area contributed by atoms with Gasteiger partial charge in [0.2, 0.25) is 0 Å². The molecule has 1 atom stereocenters. The minimum absolute atomic E-state index is 0.0417. The number of morpholine rings is 1. The number of aromatic carboxylic acids is 1. The van der Waals surface area contributed by atoms with E-state index in [0.29, 0.717) is 17.9 Å². The number of ether oxygens (including phenoxy) is 3. The Labute approximate surface area is 142 Å². The zero-order valence-corrected chi connectivity index (χ0v) is 14.5. The SMILES string of the molecule is CC(CN1CCOCC1)Oc1cc(C(=O)O)cc2c1CC(C)(C)O2. The Bertz CT molecular complexity index is 622. The van der Waals surface area contributed by atoms with Gasteiger partial charge >= 0.3 is 5.97 Å². The van der Waals surface area contributed by atoms with Crippen molar-refractivity contribution in [1.29, 1.82) is 0 Å². The molecule has 132 valence electrons. The average molecular weight is 335 g/mol.